The molecule has 30 heavy (non-hydrogen) atoms. The van der Waals surface area contributed by atoms with E-state index in [0.29, 0.717) is 29.8 Å². The molecule has 5 rings (SSSR count). The Bertz CT molecular complexity index is 1200. The van der Waals surface area contributed by atoms with E-state index in [1.165, 1.54) is 5.56 Å². The molecule has 1 aliphatic heterocycles. The van der Waals surface area contributed by atoms with E-state index in [0.717, 1.165) is 22.4 Å². The quantitative estimate of drug-likeness (QED) is 0.475. The molecule has 0 unspecified atom stereocenters. The van der Waals surface area contributed by atoms with Crippen molar-refractivity contribution in [1.29, 1.82) is 0 Å². The predicted octanol–water partition coefficient (Wildman–Crippen LogP) is 5.64. The summed E-state index contributed by atoms with van der Waals surface area (Å²) >= 11 is 0. The largest absolute Gasteiger partial charge is 0.438 e. The lowest BCUT2D eigenvalue weighted by atomic mass is 10.1. The summed E-state index contributed by atoms with van der Waals surface area (Å²) < 4.78 is 6.13. The normalized spacial score (nSPS) is 11.9. The first kappa shape index (κ1) is 18.0. The zero-order valence-electron chi connectivity index (χ0n) is 16.4. The number of hydrogen-bond acceptors (Lipinski definition) is 6. The fourth-order valence-electron chi connectivity index (χ4n) is 3.24. The number of pyridine rings is 1. The summed E-state index contributed by atoms with van der Waals surface area (Å²) in [6.45, 7) is 2.05. The van der Waals surface area contributed by atoms with Crippen LogP contribution in [-0.2, 0) is 6.42 Å². The predicted molar refractivity (Wildman–Crippen MR) is 118 cm³/mol. The van der Waals surface area contributed by atoms with Crippen LogP contribution in [0.15, 0.2) is 78.0 Å². The van der Waals surface area contributed by atoms with Crippen molar-refractivity contribution in [2.45, 2.75) is 13.3 Å². The molecular formula is C24H19N5O. The number of aliphatic imine (C=N–C) groups is 1. The minimum absolute atomic E-state index is 0.458. The molecule has 0 radical (unpaired) electrons. The van der Waals surface area contributed by atoms with Crippen molar-refractivity contribution in [3.8, 4) is 22.8 Å². The van der Waals surface area contributed by atoms with E-state index in [2.05, 4.69) is 32.2 Å². The first-order chi connectivity index (χ1) is 14.7. The van der Waals surface area contributed by atoms with Crippen LogP contribution in [0.3, 0.4) is 0 Å². The fourth-order valence-corrected chi connectivity index (χ4v) is 3.24. The number of ether oxygens (including phenoxy) is 1. The number of hydrogen-bond donors (Lipinski definition) is 1. The van der Waals surface area contributed by atoms with Crippen LogP contribution in [0.2, 0.25) is 0 Å². The molecule has 0 atom stereocenters. The average molecular weight is 393 g/mol. The topological polar surface area (TPSA) is 72.3 Å². The minimum Gasteiger partial charge on any atom is -0.438 e. The van der Waals surface area contributed by atoms with Crippen LogP contribution < -0.4 is 10.1 Å². The molecule has 2 aromatic heterocycles. The van der Waals surface area contributed by atoms with Crippen molar-refractivity contribution in [1.82, 2.24) is 15.0 Å². The molecule has 0 saturated carbocycles. The van der Waals surface area contributed by atoms with E-state index in [1.807, 2.05) is 66.9 Å². The summed E-state index contributed by atoms with van der Waals surface area (Å²) in [5.41, 5.74) is 5.21. The number of benzene rings is 2. The van der Waals surface area contributed by atoms with Crippen LogP contribution >= 0.6 is 0 Å². The number of aromatic nitrogens is 3. The van der Waals surface area contributed by atoms with Crippen LogP contribution in [0, 0.1) is 6.92 Å². The SMILES string of the molecule is Cc1ccc(Nc2nc3c(c(Oc4ccc(-c5ccncc5)cc4)n2)CC=N3)cc1. The van der Waals surface area contributed by atoms with Crippen molar-refractivity contribution >= 4 is 23.7 Å². The molecule has 6 nitrogen and oxygen atoms in total. The molecule has 0 spiro atoms. The lowest BCUT2D eigenvalue weighted by Gasteiger charge is -2.12. The van der Waals surface area contributed by atoms with Gasteiger partial charge in [-0.15, -0.1) is 0 Å². The minimum atomic E-state index is 0.458. The molecule has 1 N–H and O–H groups in total. The Balaban J connectivity index is 1.41. The summed E-state index contributed by atoms with van der Waals surface area (Å²) in [5.74, 6) is 2.33. The van der Waals surface area contributed by atoms with Crippen molar-refractivity contribution in [2.24, 2.45) is 4.99 Å². The van der Waals surface area contributed by atoms with Gasteiger partial charge in [-0.25, -0.2) is 4.99 Å². The smallest absolute Gasteiger partial charge is 0.232 e. The van der Waals surface area contributed by atoms with Crippen molar-refractivity contribution < 1.29 is 4.74 Å². The number of nitrogens with zero attached hydrogens (tertiary/aromatic N) is 4. The molecule has 0 amide bonds. The van der Waals surface area contributed by atoms with E-state index in [-0.39, 0.29) is 0 Å². The maximum absolute atomic E-state index is 6.13. The summed E-state index contributed by atoms with van der Waals surface area (Å²) in [6.07, 6.45) is 6.05. The standard InChI is InChI=1S/C24H19N5O/c1-16-2-6-19(7-3-16)27-24-28-22-21(12-15-26-22)23(29-24)30-20-8-4-17(5-9-20)18-10-13-25-14-11-18/h2-11,13-15H,12H2,1H3,(H,27,28,29). The van der Waals surface area contributed by atoms with Gasteiger partial charge in [0, 0.05) is 30.7 Å². The summed E-state index contributed by atoms with van der Waals surface area (Å²) in [4.78, 5) is 17.6. The second-order valence-corrected chi connectivity index (χ2v) is 7.02. The van der Waals surface area contributed by atoms with Gasteiger partial charge in [0.1, 0.15) is 5.75 Å². The Morgan fingerprint density at radius 2 is 1.57 bits per heavy atom. The van der Waals surface area contributed by atoms with Crippen molar-refractivity contribution in [3.05, 3.63) is 84.2 Å². The zero-order chi connectivity index (χ0) is 20.3. The lowest BCUT2D eigenvalue weighted by Crippen LogP contribution is -2.01. The Labute approximate surface area is 174 Å². The molecule has 2 aromatic carbocycles. The first-order valence-corrected chi connectivity index (χ1v) is 9.70. The Morgan fingerprint density at radius 3 is 2.33 bits per heavy atom. The van der Waals surface area contributed by atoms with Gasteiger partial charge in [-0.3, -0.25) is 4.98 Å². The third-order valence-electron chi connectivity index (χ3n) is 4.85. The van der Waals surface area contributed by atoms with Gasteiger partial charge in [-0.05, 0) is 54.4 Å². The summed E-state index contributed by atoms with van der Waals surface area (Å²) in [6, 6.07) is 19.9. The molecule has 3 heterocycles. The third-order valence-corrected chi connectivity index (χ3v) is 4.85. The van der Waals surface area contributed by atoms with Gasteiger partial charge in [-0.2, -0.15) is 9.97 Å². The lowest BCUT2D eigenvalue weighted by molar-refractivity contribution is 0.458. The van der Waals surface area contributed by atoms with E-state index in [4.69, 9.17) is 4.74 Å². The molecule has 1 aliphatic rings. The number of anilines is 2. The molecule has 4 aromatic rings. The number of nitrogens with one attached hydrogen (secondary N) is 1. The second kappa shape index (κ2) is 7.75. The highest BCUT2D eigenvalue weighted by atomic mass is 16.5. The number of aryl methyl sites for hydroxylation is 1. The molecule has 6 heteroatoms. The van der Waals surface area contributed by atoms with E-state index >= 15 is 0 Å². The number of fused-ring (bicyclic) bond motifs is 1. The van der Waals surface area contributed by atoms with Gasteiger partial charge >= 0.3 is 0 Å². The zero-order valence-corrected chi connectivity index (χ0v) is 16.4. The van der Waals surface area contributed by atoms with Gasteiger partial charge in [0.2, 0.25) is 11.8 Å². The summed E-state index contributed by atoms with van der Waals surface area (Å²) in [5, 5.41) is 3.24. The molecule has 0 aliphatic carbocycles. The average Bonchev–Trinajstić information content (AvgIpc) is 3.26. The van der Waals surface area contributed by atoms with Gasteiger partial charge in [-0.1, -0.05) is 29.8 Å². The molecule has 0 bridgehead atoms. The van der Waals surface area contributed by atoms with Crippen LogP contribution in [-0.4, -0.2) is 21.2 Å². The van der Waals surface area contributed by atoms with Crippen LogP contribution in [0.1, 0.15) is 11.1 Å². The Kier molecular flexibility index (Phi) is 4.65. The van der Waals surface area contributed by atoms with Crippen molar-refractivity contribution in [3.63, 3.8) is 0 Å². The van der Waals surface area contributed by atoms with Gasteiger partial charge in [0.15, 0.2) is 5.82 Å². The second-order valence-electron chi connectivity index (χ2n) is 7.02. The fraction of sp³-hybridized carbons (Fsp3) is 0.0833. The van der Waals surface area contributed by atoms with Crippen LogP contribution in [0.5, 0.6) is 11.6 Å². The van der Waals surface area contributed by atoms with Crippen LogP contribution in [0.4, 0.5) is 17.5 Å². The molecule has 0 saturated heterocycles. The highest BCUT2D eigenvalue weighted by Gasteiger charge is 2.19. The van der Waals surface area contributed by atoms with Gasteiger partial charge < -0.3 is 10.1 Å². The van der Waals surface area contributed by atoms with E-state index < -0.39 is 0 Å². The van der Waals surface area contributed by atoms with Crippen molar-refractivity contribution in [2.75, 3.05) is 5.32 Å². The Morgan fingerprint density at radius 1 is 0.833 bits per heavy atom. The van der Waals surface area contributed by atoms with E-state index in [9.17, 15) is 0 Å². The monoisotopic (exact) mass is 393 g/mol. The Hall–Kier alpha value is -4.06. The molecule has 0 fully saturated rings. The maximum atomic E-state index is 6.13. The molecule has 146 valence electrons. The highest BCUT2D eigenvalue weighted by molar-refractivity contribution is 5.76. The van der Waals surface area contributed by atoms with Gasteiger partial charge in [0.25, 0.3) is 0 Å². The number of rotatable bonds is 5. The van der Waals surface area contributed by atoms with E-state index in [1.54, 1.807) is 12.4 Å². The first-order valence-electron chi connectivity index (χ1n) is 9.70. The highest BCUT2D eigenvalue weighted by Crippen LogP contribution is 2.34. The van der Waals surface area contributed by atoms with Gasteiger partial charge in [0.05, 0.1) is 5.56 Å². The maximum Gasteiger partial charge on any atom is 0.232 e. The van der Waals surface area contributed by atoms with Crippen LogP contribution in [0.25, 0.3) is 11.1 Å². The molecular weight excluding hydrogens is 374 g/mol. The third kappa shape index (κ3) is 3.75. The summed E-state index contributed by atoms with van der Waals surface area (Å²) in [7, 11) is 0.